The second-order valence-electron chi connectivity index (χ2n) is 6.33. The summed E-state index contributed by atoms with van der Waals surface area (Å²) < 4.78 is 26.9. The second kappa shape index (κ2) is 5.18. The van der Waals surface area contributed by atoms with Crippen LogP contribution in [0.25, 0.3) is 0 Å². The van der Waals surface area contributed by atoms with Crippen molar-refractivity contribution in [1.82, 2.24) is 9.80 Å². The number of imide groups is 1. The maximum Gasteiger partial charge on any atom is 0.327 e. The van der Waals surface area contributed by atoms with Gasteiger partial charge < -0.3 is 9.80 Å². The first-order chi connectivity index (χ1) is 11.1. The minimum Gasteiger partial charge on any atom is -0.367 e. The van der Waals surface area contributed by atoms with Crippen LogP contribution in [0.15, 0.2) is 18.2 Å². The Morgan fingerprint density at radius 3 is 2.65 bits per heavy atom. The van der Waals surface area contributed by atoms with E-state index in [9.17, 15) is 18.4 Å². The Morgan fingerprint density at radius 2 is 1.91 bits per heavy atom. The van der Waals surface area contributed by atoms with Crippen LogP contribution in [-0.2, 0) is 4.79 Å². The molecule has 0 radical (unpaired) electrons. The summed E-state index contributed by atoms with van der Waals surface area (Å²) in [6.45, 7) is 1.56. The topological polar surface area (TPSA) is 43.9 Å². The molecule has 3 aliphatic rings. The molecule has 3 amide bonds. The summed E-state index contributed by atoms with van der Waals surface area (Å²) >= 11 is 0. The van der Waals surface area contributed by atoms with E-state index in [0.29, 0.717) is 31.7 Å². The summed E-state index contributed by atoms with van der Waals surface area (Å²) in [5, 5.41) is 0. The molecule has 1 aromatic rings. The lowest BCUT2D eigenvalue weighted by Gasteiger charge is -2.24. The molecule has 0 aromatic heterocycles. The maximum atomic E-state index is 13.9. The van der Waals surface area contributed by atoms with Crippen LogP contribution in [0, 0.1) is 11.6 Å². The van der Waals surface area contributed by atoms with Gasteiger partial charge in [-0.3, -0.25) is 9.69 Å². The largest absolute Gasteiger partial charge is 0.367 e. The summed E-state index contributed by atoms with van der Waals surface area (Å²) in [6.07, 6.45) is 2.20. The van der Waals surface area contributed by atoms with Crippen LogP contribution >= 0.6 is 0 Å². The lowest BCUT2D eigenvalue weighted by Crippen LogP contribution is -2.43. The molecule has 23 heavy (non-hydrogen) atoms. The molecule has 3 aliphatic heterocycles. The fourth-order valence-electron chi connectivity index (χ4n) is 3.89. The number of fused-ring (bicyclic) bond motifs is 1. The van der Waals surface area contributed by atoms with Gasteiger partial charge in [-0.05, 0) is 31.4 Å². The number of carbonyl (C=O) groups excluding carboxylic acids is 2. The van der Waals surface area contributed by atoms with E-state index in [2.05, 4.69) is 0 Å². The molecule has 4 rings (SSSR count). The molecule has 2 atom stereocenters. The van der Waals surface area contributed by atoms with Crippen molar-refractivity contribution in [3.63, 3.8) is 0 Å². The Kier molecular flexibility index (Phi) is 3.25. The van der Waals surface area contributed by atoms with Crippen molar-refractivity contribution in [3.05, 3.63) is 29.8 Å². The minimum absolute atomic E-state index is 0.126. The fraction of sp³-hybridized carbons (Fsp3) is 0.500. The number of hydrogen-bond donors (Lipinski definition) is 0. The van der Waals surface area contributed by atoms with Gasteiger partial charge in [-0.15, -0.1) is 0 Å². The van der Waals surface area contributed by atoms with Crippen LogP contribution in [-0.4, -0.2) is 53.5 Å². The zero-order valence-electron chi connectivity index (χ0n) is 12.5. The van der Waals surface area contributed by atoms with E-state index >= 15 is 0 Å². The Morgan fingerprint density at radius 1 is 1.09 bits per heavy atom. The second-order valence-corrected chi connectivity index (χ2v) is 6.33. The van der Waals surface area contributed by atoms with Gasteiger partial charge in [0, 0.05) is 25.7 Å². The third kappa shape index (κ3) is 2.17. The lowest BCUT2D eigenvalue weighted by atomic mass is 10.2. The Balaban J connectivity index is 1.52. The smallest absolute Gasteiger partial charge is 0.327 e. The van der Waals surface area contributed by atoms with E-state index in [1.165, 1.54) is 17.0 Å². The molecule has 3 fully saturated rings. The number of hydrogen-bond acceptors (Lipinski definition) is 3. The molecule has 3 heterocycles. The van der Waals surface area contributed by atoms with Gasteiger partial charge in [0.05, 0.1) is 11.7 Å². The van der Waals surface area contributed by atoms with Gasteiger partial charge in [0.15, 0.2) is 0 Å². The number of anilines is 1. The number of benzene rings is 1. The molecule has 3 saturated heterocycles. The Bertz CT molecular complexity index is 659. The summed E-state index contributed by atoms with van der Waals surface area (Å²) in [5.74, 6) is -1.36. The van der Waals surface area contributed by atoms with Gasteiger partial charge in [0.1, 0.15) is 17.7 Å². The first kappa shape index (κ1) is 14.4. The molecule has 0 aliphatic carbocycles. The highest BCUT2D eigenvalue weighted by atomic mass is 19.1. The van der Waals surface area contributed by atoms with E-state index in [4.69, 9.17) is 0 Å². The highest BCUT2D eigenvalue weighted by molar-refractivity contribution is 6.05. The van der Waals surface area contributed by atoms with Crippen LogP contribution in [0.5, 0.6) is 0 Å². The Labute approximate surface area is 132 Å². The highest BCUT2D eigenvalue weighted by Gasteiger charge is 2.50. The van der Waals surface area contributed by atoms with Gasteiger partial charge in [-0.2, -0.15) is 0 Å². The standard InChI is InChI=1S/C16H17F2N3O2/c17-10-3-4-13(12(18)8-10)19-7-5-11(9-19)21-15(22)14-2-1-6-20(14)16(21)23/h3-4,8,11,14H,1-2,5-7,9H2/t11-,14-/m1/s1. The van der Waals surface area contributed by atoms with E-state index in [1.54, 1.807) is 9.80 Å². The van der Waals surface area contributed by atoms with Crippen LogP contribution < -0.4 is 4.90 Å². The monoisotopic (exact) mass is 321 g/mol. The van der Waals surface area contributed by atoms with Gasteiger partial charge >= 0.3 is 6.03 Å². The van der Waals surface area contributed by atoms with Gasteiger partial charge in [-0.25, -0.2) is 13.6 Å². The van der Waals surface area contributed by atoms with Crippen molar-refractivity contribution in [2.24, 2.45) is 0 Å². The number of rotatable bonds is 2. The van der Waals surface area contributed by atoms with E-state index < -0.39 is 11.6 Å². The predicted octanol–water partition coefficient (Wildman–Crippen LogP) is 1.97. The summed E-state index contributed by atoms with van der Waals surface area (Å²) in [4.78, 5) is 29.7. The molecular weight excluding hydrogens is 304 g/mol. The van der Waals surface area contributed by atoms with Gasteiger partial charge in [0.25, 0.3) is 5.91 Å². The summed E-state index contributed by atoms with van der Waals surface area (Å²) in [5.41, 5.74) is 0.313. The van der Waals surface area contributed by atoms with Crippen LogP contribution in [0.1, 0.15) is 19.3 Å². The zero-order chi connectivity index (χ0) is 16.1. The van der Waals surface area contributed by atoms with Crippen LogP contribution in [0.4, 0.5) is 19.3 Å². The molecule has 122 valence electrons. The molecule has 7 heteroatoms. The molecule has 1 aromatic carbocycles. The quantitative estimate of drug-likeness (QED) is 0.782. The first-order valence-electron chi connectivity index (χ1n) is 7.90. The van der Waals surface area contributed by atoms with Crippen molar-refractivity contribution in [1.29, 1.82) is 0 Å². The number of amides is 3. The van der Waals surface area contributed by atoms with E-state index in [1.807, 2.05) is 0 Å². The fourth-order valence-corrected chi connectivity index (χ4v) is 3.89. The zero-order valence-corrected chi connectivity index (χ0v) is 12.5. The van der Waals surface area contributed by atoms with Crippen molar-refractivity contribution in [3.8, 4) is 0 Å². The Hall–Kier alpha value is -2.18. The average molecular weight is 321 g/mol. The molecule has 0 unspecified atom stereocenters. The van der Waals surface area contributed by atoms with Crippen LogP contribution in [0.3, 0.4) is 0 Å². The number of urea groups is 1. The third-order valence-corrected chi connectivity index (χ3v) is 5.01. The normalized spacial score (nSPS) is 27.3. The maximum absolute atomic E-state index is 13.9. The number of nitrogens with zero attached hydrogens (tertiary/aromatic N) is 3. The van der Waals surface area contributed by atoms with Crippen molar-refractivity contribution in [2.45, 2.75) is 31.3 Å². The molecule has 5 nitrogen and oxygen atoms in total. The van der Waals surface area contributed by atoms with Crippen molar-refractivity contribution < 1.29 is 18.4 Å². The van der Waals surface area contributed by atoms with Crippen LogP contribution in [0.2, 0.25) is 0 Å². The SMILES string of the molecule is O=C1[C@H]2CCCN2C(=O)N1[C@@H]1CCN(c2ccc(F)cc2F)C1. The highest BCUT2D eigenvalue weighted by Crippen LogP contribution is 2.33. The first-order valence-corrected chi connectivity index (χ1v) is 7.90. The molecule has 0 N–H and O–H groups in total. The summed E-state index contributed by atoms with van der Waals surface area (Å²) in [6, 6.07) is 2.70. The number of halogens is 2. The molecule has 0 spiro atoms. The third-order valence-electron chi connectivity index (χ3n) is 5.01. The van der Waals surface area contributed by atoms with E-state index in [-0.39, 0.29) is 24.0 Å². The minimum atomic E-state index is -0.620. The van der Waals surface area contributed by atoms with E-state index in [0.717, 1.165) is 18.9 Å². The average Bonchev–Trinajstić information content (AvgIpc) is 3.19. The molecule has 0 bridgehead atoms. The molecular formula is C16H17F2N3O2. The molecule has 0 saturated carbocycles. The predicted molar refractivity (Wildman–Crippen MR) is 78.9 cm³/mol. The van der Waals surface area contributed by atoms with Crippen molar-refractivity contribution >= 4 is 17.6 Å². The summed E-state index contributed by atoms with van der Waals surface area (Å²) in [7, 11) is 0. The lowest BCUT2D eigenvalue weighted by molar-refractivity contribution is -0.129. The van der Waals surface area contributed by atoms with Crippen molar-refractivity contribution in [2.75, 3.05) is 24.5 Å². The van der Waals surface area contributed by atoms with Gasteiger partial charge in [0.2, 0.25) is 0 Å². The number of carbonyl (C=O) groups is 2. The van der Waals surface area contributed by atoms with Gasteiger partial charge in [-0.1, -0.05) is 0 Å².